The summed E-state index contributed by atoms with van der Waals surface area (Å²) in [5.74, 6) is 1.39. The molecule has 0 radical (unpaired) electrons. The van der Waals surface area contributed by atoms with Gasteiger partial charge in [0.15, 0.2) is 11.5 Å². The highest BCUT2D eigenvalue weighted by molar-refractivity contribution is 5.43. The highest BCUT2D eigenvalue weighted by Crippen LogP contribution is 2.28. The van der Waals surface area contributed by atoms with Crippen LogP contribution >= 0.6 is 0 Å². The first-order chi connectivity index (χ1) is 7.81. The molecule has 0 spiro atoms. The molecule has 0 N–H and O–H groups in total. The minimum atomic E-state index is 0.315. The highest BCUT2D eigenvalue weighted by atomic mass is 16.5. The number of carbonyl (C=O) groups excluding carboxylic acids is 1. The van der Waals surface area contributed by atoms with E-state index < -0.39 is 0 Å². The molecule has 0 aromatic heterocycles. The van der Waals surface area contributed by atoms with Gasteiger partial charge in [0.1, 0.15) is 0 Å². The topological polar surface area (TPSA) is 47.9 Å². The maximum absolute atomic E-state index is 10.0. The largest absolute Gasteiger partial charge is 0.490 e. The van der Waals surface area contributed by atoms with Gasteiger partial charge in [0, 0.05) is 0 Å². The first-order valence-electron chi connectivity index (χ1n) is 5.24. The van der Waals surface area contributed by atoms with Gasteiger partial charge < -0.3 is 9.47 Å². The molecular weight excluding hydrogens is 206 g/mol. The Morgan fingerprint density at radius 3 is 2.50 bits per heavy atom. The molecule has 1 aromatic carbocycles. The Morgan fingerprint density at radius 2 is 1.88 bits per heavy atom. The SMILES string of the molecule is CCOc1ccc(CN=C=O)cc1OCC. The summed E-state index contributed by atoms with van der Waals surface area (Å²) >= 11 is 0. The lowest BCUT2D eigenvalue weighted by molar-refractivity contribution is 0.287. The van der Waals surface area contributed by atoms with E-state index in [2.05, 4.69) is 4.99 Å². The fourth-order valence-electron chi connectivity index (χ4n) is 1.32. The number of nitrogens with zero attached hydrogens (tertiary/aromatic N) is 1. The van der Waals surface area contributed by atoms with Crippen molar-refractivity contribution in [1.29, 1.82) is 0 Å². The molecular formula is C12H15NO3. The molecule has 0 aliphatic heterocycles. The molecule has 0 aliphatic carbocycles. The van der Waals surface area contributed by atoms with Gasteiger partial charge in [-0.05, 0) is 31.5 Å². The fraction of sp³-hybridized carbons (Fsp3) is 0.417. The van der Waals surface area contributed by atoms with Crippen molar-refractivity contribution in [2.24, 2.45) is 4.99 Å². The van der Waals surface area contributed by atoms with Gasteiger partial charge in [0.05, 0.1) is 19.8 Å². The molecule has 86 valence electrons. The van der Waals surface area contributed by atoms with Crippen molar-refractivity contribution in [1.82, 2.24) is 0 Å². The van der Waals surface area contributed by atoms with Crippen molar-refractivity contribution in [2.75, 3.05) is 13.2 Å². The number of isocyanates is 1. The smallest absolute Gasteiger partial charge is 0.235 e. The minimum Gasteiger partial charge on any atom is -0.490 e. The summed E-state index contributed by atoms with van der Waals surface area (Å²) < 4.78 is 10.9. The second-order valence-corrected chi connectivity index (χ2v) is 3.05. The van der Waals surface area contributed by atoms with Crippen molar-refractivity contribution in [3.63, 3.8) is 0 Å². The summed E-state index contributed by atoms with van der Waals surface area (Å²) in [5, 5.41) is 0. The molecule has 0 saturated heterocycles. The Kier molecular flexibility index (Phi) is 5.09. The third-order valence-electron chi connectivity index (χ3n) is 1.93. The number of aliphatic imine (C=N–C) groups is 1. The molecule has 4 heteroatoms. The predicted molar refractivity (Wildman–Crippen MR) is 60.6 cm³/mol. The van der Waals surface area contributed by atoms with E-state index in [4.69, 9.17) is 9.47 Å². The zero-order valence-corrected chi connectivity index (χ0v) is 9.53. The molecule has 16 heavy (non-hydrogen) atoms. The average Bonchev–Trinajstić information content (AvgIpc) is 2.30. The summed E-state index contributed by atoms with van der Waals surface area (Å²) in [6, 6.07) is 5.51. The number of benzene rings is 1. The van der Waals surface area contributed by atoms with Gasteiger partial charge in [-0.15, -0.1) is 0 Å². The van der Waals surface area contributed by atoms with E-state index in [0.717, 1.165) is 5.56 Å². The first kappa shape index (κ1) is 12.3. The normalized spacial score (nSPS) is 9.38. The summed E-state index contributed by atoms with van der Waals surface area (Å²) in [6.07, 6.45) is 1.51. The van der Waals surface area contributed by atoms with E-state index in [9.17, 15) is 4.79 Å². The molecule has 0 amide bonds. The van der Waals surface area contributed by atoms with Crippen LogP contribution in [0.15, 0.2) is 23.2 Å². The van der Waals surface area contributed by atoms with Crippen LogP contribution in [0.1, 0.15) is 19.4 Å². The Labute approximate surface area is 94.9 Å². The van der Waals surface area contributed by atoms with Gasteiger partial charge in [-0.2, -0.15) is 0 Å². The van der Waals surface area contributed by atoms with Crippen LogP contribution in [0.3, 0.4) is 0 Å². The second-order valence-electron chi connectivity index (χ2n) is 3.05. The summed E-state index contributed by atoms with van der Waals surface area (Å²) in [6.45, 7) is 5.30. The number of ether oxygens (including phenoxy) is 2. The number of hydrogen-bond acceptors (Lipinski definition) is 4. The Balaban J connectivity index is 2.91. The zero-order valence-electron chi connectivity index (χ0n) is 9.53. The molecule has 0 heterocycles. The molecule has 0 bridgehead atoms. The monoisotopic (exact) mass is 221 g/mol. The van der Waals surface area contributed by atoms with Gasteiger partial charge in [-0.1, -0.05) is 6.07 Å². The molecule has 0 atom stereocenters. The van der Waals surface area contributed by atoms with E-state index >= 15 is 0 Å². The van der Waals surface area contributed by atoms with Gasteiger partial charge in [0.2, 0.25) is 6.08 Å². The molecule has 0 saturated carbocycles. The average molecular weight is 221 g/mol. The summed E-state index contributed by atoms with van der Waals surface area (Å²) in [7, 11) is 0. The summed E-state index contributed by atoms with van der Waals surface area (Å²) in [4.78, 5) is 13.5. The Bertz CT molecular complexity index is 384. The molecule has 0 unspecified atom stereocenters. The van der Waals surface area contributed by atoms with E-state index in [1.165, 1.54) is 6.08 Å². The quantitative estimate of drug-likeness (QED) is 0.547. The Hall–Kier alpha value is -1.80. The van der Waals surface area contributed by atoms with E-state index in [0.29, 0.717) is 31.3 Å². The van der Waals surface area contributed by atoms with E-state index in [1.807, 2.05) is 32.0 Å². The van der Waals surface area contributed by atoms with Gasteiger partial charge >= 0.3 is 0 Å². The fourth-order valence-corrected chi connectivity index (χ4v) is 1.32. The van der Waals surface area contributed by atoms with Crippen molar-refractivity contribution in [3.8, 4) is 11.5 Å². The second kappa shape index (κ2) is 6.64. The van der Waals surface area contributed by atoms with E-state index in [-0.39, 0.29) is 0 Å². The van der Waals surface area contributed by atoms with Crippen LogP contribution in [0.2, 0.25) is 0 Å². The van der Waals surface area contributed by atoms with Crippen molar-refractivity contribution < 1.29 is 14.3 Å². The first-order valence-corrected chi connectivity index (χ1v) is 5.24. The van der Waals surface area contributed by atoms with E-state index in [1.54, 1.807) is 0 Å². The lowest BCUT2D eigenvalue weighted by Gasteiger charge is -2.11. The van der Waals surface area contributed by atoms with Crippen LogP contribution in [0.4, 0.5) is 0 Å². The third kappa shape index (κ3) is 3.41. The van der Waals surface area contributed by atoms with Crippen LogP contribution in [0.5, 0.6) is 11.5 Å². The Morgan fingerprint density at radius 1 is 1.19 bits per heavy atom. The van der Waals surface area contributed by atoms with Gasteiger partial charge in [-0.3, -0.25) is 0 Å². The molecule has 0 aliphatic rings. The lowest BCUT2D eigenvalue weighted by atomic mass is 10.2. The summed E-state index contributed by atoms with van der Waals surface area (Å²) in [5.41, 5.74) is 0.898. The van der Waals surface area contributed by atoms with Crippen molar-refractivity contribution in [2.45, 2.75) is 20.4 Å². The van der Waals surface area contributed by atoms with Crippen LogP contribution in [-0.2, 0) is 11.3 Å². The van der Waals surface area contributed by atoms with Crippen LogP contribution < -0.4 is 9.47 Å². The standard InChI is InChI=1S/C12H15NO3/c1-3-15-11-6-5-10(8-13-9-14)7-12(11)16-4-2/h5-7H,3-4,8H2,1-2H3. The zero-order chi connectivity index (χ0) is 11.8. The van der Waals surface area contributed by atoms with Crippen molar-refractivity contribution in [3.05, 3.63) is 23.8 Å². The van der Waals surface area contributed by atoms with Gasteiger partial charge in [0.25, 0.3) is 0 Å². The number of hydrogen-bond donors (Lipinski definition) is 0. The minimum absolute atomic E-state index is 0.315. The third-order valence-corrected chi connectivity index (χ3v) is 1.93. The molecule has 0 fully saturated rings. The maximum atomic E-state index is 10.0. The van der Waals surface area contributed by atoms with Crippen LogP contribution in [-0.4, -0.2) is 19.3 Å². The lowest BCUT2D eigenvalue weighted by Crippen LogP contribution is -1.99. The molecule has 1 aromatic rings. The molecule has 1 rings (SSSR count). The van der Waals surface area contributed by atoms with Crippen LogP contribution in [0, 0.1) is 0 Å². The highest BCUT2D eigenvalue weighted by Gasteiger charge is 2.05. The van der Waals surface area contributed by atoms with Crippen molar-refractivity contribution >= 4 is 6.08 Å². The predicted octanol–water partition coefficient (Wildman–Crippen LogP) is 2.32. The number of rotatable bonds is 6. The van der Waals surface area contributed by atoms with Crippen LogP contribution in [0.25, 0.3) is 0 Å². The molecule has 4 nitrogen and oxygen atoms in total. The van der Waals surface area contributed by atoms with Gasteiger partial charge in [-0.25, -0.2) is 9.79 Å². The maximum Gasteiger partial charge on any atom is 0.235 e.